The SMILES string of the molecule is Cc1nc(C)n(-c2ccc(C(=O)O)c(N)c2)n1. The Kier molecular flexibility index (Phi) is 2.55. The molecule has 2 aromatic rings. The number of carbonyl (C=O) groups is 1. The van der Waals surface area contributed by atoms with Crippen molar-refractivity contribution in [1.82, 2.24) is 14.8 Å². The first kappa shape index (κ1) is 11.1. The van der Waals surface area contributed by atoms with Gasteiger partial charge in [-0.2, -0.15) is 5.10 Å². The molecule has 0 aliphatic heterocycles. The van der Waals surface area contributed by atoms with Gasteiger partial charge >= 0.3 is 5.97 Å². The number of hydrogen-bond donors (Lipinski definition) is 2. The van der Waals surface area contributed by atoms with E-state index in [0.29, 0.717) is 11.5 Å². The monoisotopic (exact) mass is 232 g/mol. The van der Waals surface area contributed by atoms with E-state index >= 15 is 0 Å². The van der Waals surface area contributed by atoms with E-state index in [0.717, 1.165) is 5.82 Å². The molecule has 0 unspecified atom stereocenters. The van der Waals surface area contributed by atoms with Gasteiger partial charge in [-0.3, -0.25) is 0 Å². The molecule has 2 rings (SSSR count). The van der Waals surface area contributed by atoms with Crippen molar-refractivity contribution in [2.45, 2.75) is 13.8 Å². The second-order valence-electron chi connectivity index (χ2n) is 3.69. The molecule has 1 aromatic carbocycles. The number of aromatic carboxylic acids is 1. The second-order valence-corrected chi connectivity index (χ2v) is 3.69. The van der Waals surface area contributed by atoms with Crippen LogP contribution in [0.2, 0.25) is 0 Å². The zero-order valence-corrected chi connectivity index (χ0v) is 9.51. The number of nitrogen functional groups attached to an aromatic ring is 1. The first-order valence-corrected chi connectivity index (χ1v) is 5.02. The van der Waals surface area contributed by atoms with Crippen molar-refractivity contribution >= 4 is 11.7 Å². The van der Waals surface area contributed by atoms with Crippen LogP contribution in [0.4, 0.5) is 5.69 Å². The maximum Gasteiger partial charge on any atom is 0.337 e. The molecule has 88 valence electrons. The fourth-order valence-electron chi connectivity index (χ4n) is 1.64. The first-order valence-electron chi connectivity index (χ1n) is 5.02. The van der Waals surface area contributed by atoms with E-state index in [1.165, 1.54) is 6.07 Å². The molecule has 0 aliphatic rings. The number of aryl methyl sites for hydroxylation is 2. The molecule has 17 heavy (non-hydrogen) atoms. The van der Waals surface area contributed by atoms with E-state index in [4.69, 9.17) is 10.8 Å². The first-order chi connectivity index (χ1) is 7.99. The summed E-state index contributed by atoms with van der Waals surface area (Å²) in [4.78, 5) is 15.0. The van der Waals surface area contributed by atoms with Crippen molar-refractivity contribution in [3.05, 3.63) is 35.4 Å². The summed E-state index contributed by atoms with van der Waals surface area (Å²) in [7, 11) is 0. The molecule has 6 heteroatoms. The average Bonchev–Trinajstić information content (AvgIpc) is 2.57. The molecule has 1 heterocycles. The van der Waals surface area contributed by atoms with Gasteiger partial charge < -0.3 is 10.8 Å². The topological polar surface area (TPSA) is 94.0 Å². The maximum atomic E-state index is 10.8. The van der Waals surface area contributed by atoms with Crippen molar-refractivity contribution in [3.8, 4) is 5.69 Å². The predicted molar refractivity (Wildman–Crippen MR) is 62.2 cm³/mol. The van der Waals surface area contributed by atoms with Crippen LogP contribution < -0.4 is 5.73 Å². The predicted octanol–water partition coefficient (Wildman–Crippen LogP) is 1.16. The number of hydrogen-bond acceptors (Lipinski definition) is 4. The summed E-state index contributed by atoms with van der Waals surface area (Å²) in [5, 5.41) is 13.1. The van der Waals surface area contributed by atoms with Crippen LogP contribution in [0.5, 0.6) is 0 Å². The molecule has 0 spiro atoms. The highest BCUT2D eigenvalue weighted by Crippen LogP contribution is 2.18. The highest BCUT2D eigenvalue weighted by molar-refractivity contribution is 5.94. The highest BCUT2D eigenvalue weighted by Gasteiger charge is 2.10. The van der Waals surface area contributed by atoms with E-state index in [1.807, 2.05) is 6.92 Å². The van der Waals surface area contributed by atoms with Gasteiger partial charge in [0.25, 0.3) is 0 Å². The Labute approximate surface area is 97.7 Å². The van der Waals surface area contributed by atoms with Crippen molar-refractivity contribution in [1.29, 1.82) is 0 Å². The van der Waals surface area contributed by atoms with Crippen molar-refractivity contribution in [2.24, 2.45) is 0 Å². The van der Waals surface area contributed by atoms with Gasteiger partial charge in [-0.1, -0.05) is 0 Å². The lowest BCUT2D eigenvalue weighted by atomic mass is 10.1. The Balaban J connectivity index is 2.51. The minimum absolute atomic E-state index is 0.0863. The van der Waals surface area contributed by atoms with E-state index in [9.17, 15) is 4.79 Å². The molecule has 3 N–H and O–H groups in total. The quantitative estimate of drug-likeness (QED) is 0.758. The second kappa shape index (κ2) is 3.89. The molecule has 0 bridgehead atoms. The lowest BCUT2D eigenvalue weighted by Crippen LogP contribution is -2.05. The summed E-state index contributed by atoms with van der Waals surface area (Å²) in [6.07, 6.45) is 0. The van der Waals surface area contributed by atoms with E-state index in [1.54, 1.807) is 23.7 Å². The van der Waals surface area contributed by atoms with Gasteiger partial charge in [0.15, 0.2) is 0 Å². The fourth-order valence-corrected chi connectivity index (χ4v) is 1.64. The van der Waals surface area contributed by atoms with E-state index in [-0.39, 0.29) is 11.3 Å². The van der Waals surface area contributed by atoms with Crippen molar-refractivity contribution in [2.75, 3.05) is 5.73 Å². The third-order valence-electron chi connectivity index (χ3n) is 2.38. The minimum Gasteiger partial charge on any atom is -0.478 e. The Hall–Kier alpha value is -2.37. The molecular formula is C11H12N4O2. The van der Waals surface area contributed by atoms with Crippen LogP contribution in [-0.4, -0.2) is 25.8 Å². The summed E-state index contributed by atoms with van der Waals surface area (Å²) in [5.74, 6) is 0.342. The summed E-state index contributed by atoms with van der Waals surface area (Å²) in [5.41, 5.74) is 6.67. The standard InChI is InChI=1S/C11H12N4O2/c1-6-13-7(2)15(14-6)8-3-4-9(11(16)17)10(12)5-8/h3-5H,12H2,1-2H3,(H,16,17). The van der Waals surface area contributed by atoms with Gasteiger partial charge in [0.2, 0.25) is 0 Å². The summed E-state index contributed by atoms with van der Waals surface area (Å²) < 4.78 is 1.62. The Morgan fingerprint density at radius 2 is 2.12 bits per heavy atom. The molecule has 0 radical (unpaired) electrons. The van der Waals surface area contributed by atoms with E-state index in [2.05, 4.69) is 10.1 Å². The summed E-state index contributed by atoms with van der Waals surface area (Å²) >= 11 is 0. The molecule has 0 amide bonds. The Bertz CT molecular complexity index is 589. The van der Waals surface area contributed by atoms with Gasteiger partial charge in [-0.25, -0.2) is 14.5 Å². The van der Waals surface area contributed by atoms with Crippen LogP contribution in [0.15, 0.2) is 18.2 Å². The van der Waals surface area contributed by atoms with Crippen molar-refractivity contribution in [3.63, 3.8) is 0 Å². The summed E-state index contributed by atoms with van der Waals surface area (Å²) in [6.45, 7) is 3.61. The minimum atomic E-state index is -1.04. The number of nitrogens with zero attached hydrogens (tertiary/aromatic N) is 3. The molecule has 0 saturated heterocycles. The van der Waals surface area contributed by atoms with Gasteiger partial charge in [0.1, 0.15) is 11.6 Å². The van der Waals surface area contributed by atoms with Crippen LogP contribution in [0.1, 0.15) is 22.0 Å². The number of carboxylic acids is 1. The largest absolute Gasteiger partial charge is 0.478 e. The van der Waals surface area contributed by atoms with Gasteiger partial charge in [0.05, 0.1) is 11.3 Å². The molecule has 0 fully saturated rings. The molecule has 0 saturated carbocycles. The third-order valence-corrected chi connectivity index (χ3v) is 2.38. The smallest absolute Gasteiger partial charge is 0.337 e. The van der Waals surface area contributed by atoms with Crippen LogP contribution >= 0.6 is 0 Å². The lowest BCUT2D eigenvalue weighted by molar-refractivity contribution is 0.0698. The van der Waals surface area contributed by atoms with Crippen LogP contribution in [0.3, 0.4) is 0 Å². The Morgan fingerprint density at radius 3 is 2.59 bits per heavy atom. The maximum absolute atomic E-state index is 10.8. The van der Waals surface area contributed by atoms with Crippen LogP contribution in [-0.2, 0) is 0 Å². The Morgan fingerprint density at radius 1 is 1.41 bits per heavy atom. The van der Waals surface area contributed by atoms with Gasteiger partial charge in [0, 0.05) is 5.69 Å². The highest BCUT2D eigenvalue weighted by atomic mass is 16.4. The lowest BCUT2D eigenvalue weighted by Gasteiger charge is -2.06. The molecule has 6 nitrogen and oxygen atoms in total. The van der Waals surface area contributed by atoms with Crippen LogP contribution in [0, 0.1) is 13.8 Å². The van der Waals surface area contributed by atoms with E-state index < -0.39 is 5.97 Å². The van der Waals surface area contributed by atoms with Gasteiger partial charge in [-0.15, -0.1) is 0 Å². The van der Waals surface area contributed by atoms with Crippen molar-refractivity contribution < 1.29 is 9.90 Å². The third kappa shape index (κ3) is 1.96. The molecule has 0 aliphatic carbocycles. The molecule has 0 atom stereocenters. The van der Waals surface area contributed by atoms with Crippen LogP contribution in [0.25, 0.3) is 5.69 Å². The number of benzene rings is 1. The number of nitrogens with two attached hydrogens (primary N) is 1. The number of aromatic nitrogens is 3. The molecule has 1 aromatic heterocycles. The van der Waals surface area contributed by atoms with Gasteiger partial charge in [-0.05, 0) is 32.0 Å². The average molecular weight is 232 g/mol. The zero-order chi connectivity index (χ0) is 12.6. The molecular weight excluding hydrogens is 220 g/mol. The number of rotatable bonds is 2. The zero-order valence-electron chi connectivity index (χ0n) is 9.51. The summed E-state index contributed by atoms with van der Waals surface area (Å²) in [6, 6.07) is 4.69. The normalized spacial score (nSPS) is 10.5. The number of anilines is 1. The fraction of sp³-hybridized carbons (Fsp3) is 0.182. The number of carboxylic acid groups (broad SMARTS) is 1.